The molecule has 3 atom stereocenters. The third-order valence-corrected chi connectivity index (χ3v) is 7.17. The van der Waals surface area contributed by atoms with E-state index in [2.05, 4.69) is 28.1 Å². The maximum atomic E-state index is 12.4. The average molecular weight is 401 g/mol. The van der Waals surface area contributed by atoms with Gasteiger partial charge in [-0.1, -0.05) is 36.4 Å². The molecular weight excluding hydrogens is 372 g/mol. The molecule has 0 unspecified atom stereocenters. The Labute approximate surface area is 167 Å². The smallest absolute Gasteiger partial charge is 0.211 e. The van der Waals surface area contributed by atoms with Crippen LogP contribution in [-0.4, -0.2) is 62.6 Å². The molecule has 6 nitrogen and oxygen atoms in total. The molecule has 7 heteroatoms. The Morgan fingerprint density at radius 3 is 2.43 bits per heavy atom. The summed E-state index contributed by atoms with van der Waals surface area (Å²) in [7, 11) is 0.743. The fraction of sp³-hybridized carbons (Fsp3) is 0.476. The molecule has 0 bridgehead atoms. The van der Waals surface area contributed by atoms with E-state index in [9.17, 15) is 8.42 Å². The van der Waals surface area contributed by atoms with Gasteiger partial charge in [-0.05, 0) is 29.0 Å². The summed E-state index contributed by atoms with van der Waals surface area (Å²) in [4.78, 5) is 8.95. The number of likely N-dealkylation sites (tertiary alicyclic amines) is 1. The van der Waals surface area contributed by atoms with Crippen molar-refractivity contribution in [2.24, 2.45) is 11.8 Å². The molecule has 2 fully saturated rings. The Morgan fingerprint density at radius 2 is 1.82 bits per heavy atom. The van der Waals surface area contributed by atoms with Gasteiger partial charge in [0.25, 0.3) is 0 Å². The average Bonchev–Trinajstić information content (AvgIpc) is 3.20. The van der Waals surface area contributed by atoms with Gasteiger partial charge in [-0.15, -0.1) is 0 Å². The van der Waals surface area contributed by atoms with E-state index >= 15 is 0 Å². The number of hydrogen-bond acceptors (Lipinski definition) is 5. The van der Waals surface area contributed by atoms with Crippen molar-refractivity contribution >= 4 is 15.8 Å². The molecule has 150 valence electrons. The topological polar surface area (TPSA) is 56.8 Å². The Morgan fingerprint density at radius 1 is 1.07 bits per heavy atom. The number of fused-ring (bicyclic) bond motifs is 1. The molecule has 3 heterocycles. The predicted octanol–water partition coefficient (Wildman–Crippen LogP) is 2.21. The van der Waals surface area contributed by atoms with Crippen LogP contribution in [0.4, 0.5) is 5.82 Å². The number of pyridine rings is 1. The van der Waals surface area contributed by atoms with Crippen LogP contribution in [0.3, 0.4) is 0 Å². The van der Waals surface area contributed by atoms with Crippen LogP contribution in [0.2, 0.25) is 0 Å². The van der Waals surface area contributed by atoms with Crippen molar-refractivity contribution in [3.05, 3.63) is 59.8 Å². The highest BCUT2D eigenvalue weighted by Gasteiger charge is 2.50. The van der Waals surface area contributed by atoms with E-state index in [1.807, 2.05) is 49.5 Å². The lowest BCUT2D eigenvalue weighted by Crippen LogP contribution is -2.34. The highest BCUT2D eigenvalue weighted by atomic mass is 32.2. The largest absolute Gasteiger partial charge is 0.363 e. The van der Waals surface area contributed by atoms with Gasteiger partial charge in [0.1, 0.15) is 5.82 Å². The van der Waals surface area contributed by atoms with E-state index in [4.69, 9.17) is 0 Å². The van der Waals surface area contributed by atoms with Crippen LogP contribution in [0.5, 0.6) is 0 Å². The number of hydrogen-bond donors (Lipinski definition) is 0. The van der Waals surface area contributed by atoms with Crippen LogP contribution in [0.1, 0.15) is 17.2 Å². The normalized spacial score (nSPS) is 25.8. The zero-order valence-electron chi connectivity index (χ0n) is 16.7. The van der Waals surface area contributed by atoms with Gasteiger partial charge in [0.05, 0.1) is 12.3 Å². The molecule has 1 aromatic heterocycles. The van der Waals surface area contributed by atoms with E-state index in [0.29, 0.717) is 18.4 Å². The van der Waals surface area contributed by atoms with E-state index < -0.39 is 10.0 Å². The van der Waals surface area contributed by atoms with Crippen molar-refractivity contribution in [3.63, 3.8) is 0 Å². The number of benzene rings is 1. The maximum absolute atomic E-state index is 12.4. The molecule has 2 aliphatic heterocycles. The fourth-order valence-corrected chi connectivity index (χ4v) is 5.82. The van der Waals surface area contributed by atoms with Crippen molar-refractivity contribution in [1.29, 1.82) is 0 Å². The third-order valence-electron chi connectivity index (χ3n) is 5.94. The standard InChI is InChI=1S/C21H28N4O2S/c1-23(2)20-10-9-16(11-22-20)12-24-13-18-14-25(28(3,26)27)21(19(18)15-24)17-7-5-4-6-8-17/h4-11,18-19,21H,12-15H2,1-3H3/t18-,19-,21+/m1/s1. The zero-order chi connectivity index (χ0) is 19.9. The number of nitrogens with zero attached hydrogens (tertiary/aromatic N) is 4. The molecule has 0 aliphatic carbocycles. The van der Waals surface area contributed by atoms with Gasteiger partial charge in [-0.25, -0.2) is 13.4 Å². The summed E-state index contributed by atoms with van der Waals surface area (Å²) in [6, 6.07) is 14.2. The highest BCUT2D eigenvalue weighted by Crippen LogP contribution is 2.46. The van der Waals surface area contributed by atoms with Crippen LogP contribution < -0.4 is 4.90 Å². The molecule has 0 spiro atoms. The first-order valence-corrected chi connectivity index (χ1v) is 11.5. The zero-order valence-corrected chi connectivity index (χ0v) is 17.5. The van der Waals surface area contributed by atoms with E-state index in [0.717, 1.165) is 31.0 Å². The third kappa shape index (κ3) is 3.79. The van der Waals surface area contributed by atoms with Crippen molar-refractivity contribution in [2.75, 3.05) is 44.9 Å². The summed E-state index contributed by atoms with van der Waals surface area (Å²) in [5.74, 6) is 1.65. The molecule has 0 amide bonds. The van der Waals surface area contributed by atoms with Gasteiger partial charge in [0.2, 0.25) is 10.0 Å². The molecule has 2 saturated heterocycles. The van der Waals surface area contributed by atoms with Crippen molar-refractivity contribution < 1.29 is 8.42 Å². The lowest BCUT2D eigenvalue weighted by atomic mass is 9.90. The summed E-state index contributed by atoms with van der Waals surface area (Å²) in [5.41, 5.74) is 2.29. The van der Waals surface area contributed by atoms with Crippen molar-refractivity contribution in [2.45, 2.75) is 12.6 Å². The Bertz CT molecular complexity index is 915. The number of rotatable bonds is 5. The van der Waals surface area contributed by atoms with Crippen molar-refractivity contribution in [3.8, 4) is 0 Å². The highest BCUT2D eigenvalue weighted by molar-refractivity contribution is 7.88. The van der Waals surface area contributed by atoms with Crippen molar-refractivity contribution in [1.82, 2.24) is 14.2 Å². The first-order valence-electron chi connectivity index (χ1n) is 9.69. The van der Waals surface area contributed by atoms with E-state index in [1.165, 1.54) is 11.8 Å². The van der Waals surface area contributed by atoms with Crippen LogP contribution in [-0.2, 0) is 16.6 Å². The Kier molecular flexibility index (Phi) is 5.16. The molecule has 0 saturated carbocycles. The molecule has 28 heavy (non-hydrogen) atoms. The van der Waals surface area contributed by atoms with Gasteiger partial charge < -0.3 is 4.90 Å². The first-order chi connectivity index (χ1) is 13.3. The van der Waals surface area contributed by atoms with E-state index in [1.54, 1.807) is 4.31 Å². The summed E-state index contributed by atoms with van der Waals surface area (Å²) >= 11 is 0. The second-order valence-electron chi connectivity index (χ2n) is 8.23. The summed E-state index contributed by atoms with van der Waals surface area (Å²) in [6.45, 7) is 3.30. The monoisotopic (exact) mass is 400 g/mol. The second kappa shape index (κ2) is 7.46. The minimum Gasteiger partial charge on any atom is -0.363 e. The maximum Gasteiger partial charge on any atom is 0.211 e. The minimum absolute atomic E-state index is 0.0690. The first kappa shape index (κ1) is 19.4. The van der Waals surface area contributed by atoms with Crippen LogP contribution in [0.25, 0.3) is 0 Å². The Hall–Kier alpha value is -1.96. The van der Waals surface area contributed by atoms with E-state index in [-0.39, 0.29) is 6.04 Å². The van der Waals surface area contributed by atoms with Gasteiger partial charge in [-0.2, -0.15) is 4.31 Å². The molecule has 2 aliphatic rings. The lowest BCUT2D eigenvalue weighted by molar-refractivity contribution is 0.260. The number of sulfonamides is 1. The molecule has 1 aromatic carbocycles. The summed E-state index contributed by atoms with van der Waals surface area (Å²) in [6.07, 6.45) is 3.28. The molecular formula is C21H28N4O2S. The van der Waals surface area contributed by atoms with Gasteiger partial charge in [0.15, 0.2) is 0 Å². The van der Waals surface area contributed by atoms with Crippen LogP contribution in [0, 0.1) is 11.8 Å². The van der Waals surface area contributed by atoms with Crippen LogP contribution in [0.15, 0.2) is 48.7 Å². The quantitative estimate of drug-likeness (QED) is 0.770. The minimum atomic E-state index is -3.23. The molecule has 4 rings (SSSR count). The van der Waals surface area contributed by atoms with Gasteiger partial charge in [-0.3, -0.25) is 4.90 Å². The predicted molar refractivity (Wildman–Crippen MR) is 112 cm³/mol. The molecule has 2 aromatic rings. The number of anilines is 1. The second-order valence-corrected chi connectivity index (χ2v) is 10.2. The van der Waals surface area contributed by atoms with Crippen LogP contribution >= 0.6 is 0 Å². The fourth-order valence-electron chi connectivity index (χ4n) is 4.67. The summed E-state index contributed by atoms with van der Waals surface area (Å²) < 4.78 is 26.5. The number of aromatic nitrogens is 1. The SMILES string of the molecule is CN(C)c1ccc(CN2C[C@@H]3CN(S(C)(=O)=O)[C@@H](c4ccccc4)[C@@H]3C2)cn1. The Balaban J connectivity index is 1.52. The molecule has 0 N–H and O–H groups in total. The molecule has 0 radical (unpaired) electrons. The lowest BCUT2D eigenvalue weighted by Gasteiger charge is -2.28. The van der Waals surface area contributed by atoms with Gasteiger partial charge in [0, 0.05) is 46.5 Å². The van der Waals surface area contributed by atoms with Gasteiger partial charge >= 0.3 is 0 Å². The summed E-state index contributed by atoms with van der Waals surface area (Å²) in [5, 5.41) is 0.